The van der Waals surface area contributed by atoms with Crippen LogP contribution in [0.15, 0.2) is 60.9 Å². The Hall–Kier alpha value is -3.48. The fraction of sp³-hybridized carbons (Fsp3) is 0.304. The summed E-state index contributed by atoms with van der Waals surface area (Å²) < 4.78 is 13.0. The summed E-state index contributed by atoms with van der Waals surface area (Å²) in [5, 5.41) is 7.85. The Balaban J connectivity index is 1.31. The van der Waals surface area contributed by atoms with Crippen molar-refractivity contribution in [2.24, 2.45) is 0 Å². The smallest absolute Gasteiger partial charge is 0.256 e. The normalized spacial score (nSPS) is 18.1. The summed E-state index contributed by atoms with van der Waals surface area (Å²) in [6, 6.07) is 15.6. The molecular formula is C23H24N4O3. The van der Waals surface area contributed by atoms with E-state index in [4.69, 9.17) is 9.47 Å². The highest BCUT2D eigenvalue weighted by molar-refractivity contribution is 5.97. The van der Waals surface area contributed by atoms with Crippen LogP contribution in [0, 0.1) is 0 Å². The fourth-order valence-corrected chi connectivity index (χ4v) is 4.08. The monoisotopic (exact) mass is 404 g/mol. The first-order valence-corrected chi connectivity index (χ1v) is 10.3. The minimum Gasteiger partial charge on any atom is -0.486 e. The number of carbonyl (C=O) groups excluding carboxylic acids is 1. The molecule has 0 bridgehead atoms. The zero-order valence-electron chi connectivity index (χ0n) is 16.7. The molecule has 30 heavy (non-hydrogen) atoms. The van der Waals surface area contributed by atoms with E-state index >= 15 is 0 Å². The molecule has 1 fully saturated rings. The van der Waals surface area contributed by atoms with E-state index in [1.807, 2.05) is 59.6 Å². The van der Waals surface area contributed by atoms with E-state index in [2.05, 4.69) is 10.4 Å². The van der Waals surface area contributed by atoms with Crippen molar-refractivity contribution in [2.45, 2.75) is 18.9 Å². The highest BCUT2D eigenvalue weighted by Gasteiger charge is 2.26. The third kappa shape index (κ3) is 3.70. The number of hydrogen-bond donors (Lipinski definition) is 1. The van der Waals surface area contributed by atoms with Crippen LogP contribution in [-0.4, -0.2) is 52.9 Å². The Bertz CT molecular complexity index is 1030. The third-order valence-corrected chi connectivity index (χ3v) is 5.51. The fourth-order valence-electron chi connectivity index (χ4n) is 4.08. The van der Waals surface area contributed by atoms with Gasteiger partial charge in [-0.1, -0.05) is 12.1 Å². The van der Waals surface area contributed by atoms with Gasteiger partial charge in [0.2, 0.25) is 0 Å². The number of aromatic nitrogens is 2. The Labute approximate surface area is 175 Å². The van der Waals surface area contributed by atoms with Crippen LogP contribution >= 0.6 is 0 Å². The second kappa shape index (κ2) is 8.10. The molecule has 5 rings (SSSR count). The van der Waals surface area contributed by atoms with E-state index in [9.17, 15) is 4.79 Å². The van der Waals surface area contributed by atoms with Crippen LogP contribution in [0.5, 0.6) is 11.5 Å². The Kier molecular flexibility index (Phi) is 5.01. The van der Waals surface area contributed by atoms with Crippen LogP contribution in [0.4, 0.5) is 5.69 Å². The number of anilines is 1. The van der Waals surface area contributed by atoms with Gasteiger partial charge in [-0.25, -0.2) is 4.68 Å². The highest BCUT2D eigenvalue weighted by atomic mass is 16.6. The predicted molar refractivity (Wildman–Crippen MR) is 114 cm³/mol. The van der Waals surface area contributed by atoms with Gasteiger partial charge >= 0.3 is 0 Å². The number of carbonyl (C=O) groups is 1. The molecule has 7 nitrogen and oxygen atoms in total. The van der Waals surface area contributed by atoms with Crippen molar-refractivity contribution in [3.8, 4) is 17.2 Å². The first kappa shape index (κ1) is 18.5. The zero-order valence-corrected chi connectivity index (χ0v) is 16.7. The van der Waals surface area contributed by atoms with Gasteiger partial charge in [-0.2, -0.15) is 5.10 Å². The van der Waals surface area contributed by atoms with Crippen molar-refractivity contribution >= 4 is 11.6 Å². The maximum Gasteiger partial charge on any atom is 0.256 e. The number of para-hydroxylation sites is 1. The summed E-state index contributed by atoms with van der Waals surface area (Å²) >= 11 is 0. The number of amides is 1. The molecule has 7 heteroatoms. The van der Waals surface area contributed by atoms with E-state index in [1.165, 1.54) is 0 Å². The molecule has 154 valence electrons. The molecular weight excluding hydrogens is 380 g/mol. The van der Waals surface area contributed by atoms with E-state index < -0.39 is 0 Å². The Morgan fingerprint density at radius 2 is 1.93 bits per heavy atom. The van der Waals surface area contributed by atoms with Gasteiger partial charge in [0, 0.05) is 43.3 Å². The highest BCUT2D eigenvalue weighted by Crippen LogP contribution is 2.33. The number of hydrogen-bond acceptors (Lipinski definition) is 5. The van der Waals surface area contributed by atoms with Gasteiger partial charge < -0.3 is 19.7 Å². The quantitative estimate of drug-likeness (QED) is 0.722. The van der Waals surface area contributed by atoms with Gasteiger partial charge in [0.1, 0.15) is 13.2 Å². The molecule has 2 aliphatic rings. The van der Waals surface area contributed by atoms with Crippen LogP contribution in [0.25, 0.3) is 5.69 Å². The number of ether oxygens (including phenoxy) is 2. The van der Waals surface area contributed by atoms with Gasteiger partial charge in [0.25, 0.3) is 5.91 Å². The third-order valence-electron chi connectivity index (χ3n) is 5.51. The standard InChI is InChI=1S/C23H24N4O3/c28-23(19-6-1-2-7-20(19)27-12-4-10-24-27)26-11-3-5-18(16-26)25-17-8-9-21-22(15-17)30-14-13-29-21/h1-2,4,6-10,12,15,18,25H,3,5,11,13-14,16H2/t18-/m1/s1. The minimum atomic E-state index is 0.0368. The molecule has 1 saturated heterocycles. The first-order valence-electron chi connectivity index (χ1n) is 10.3. The first-order chi connectivity index (χ1) is 14.8. The molecule has 1 N–H and O–H groups in total. The van der Waals surface area contributed by atoms with Crippen LogP contribution in [0.1, 0.15) is 23.2 Å². The molecule has 1 amide bonds. The van der Waals surface area contributed by atoms with Crippen molar-refractivity contribution in [1.82, 2.24) is 14.7 Å². The van der Waals surface area contributed by atoms with Crippen LogP contribution in [0.2, 0.25) is 0 Å². The summed E-state index contributed by atoms with van der Waals surface area (Å²) in [7, 11) is 0. The van der Waals surface area contributed by atoms with Crippen molar-refractivity contribution in [3.05, 3.63) is 66.5 Å². The van der Waals surface area contributed by atoms with E-state index in [0.717, 1.165) is 42.3 Å². The van der Waals surface area contributed by atoms with Crippen molar-refractivity contribution < 1.29 is 14.3 Å². The molecule has 3 heterocycles. The Morgan fingerprint density at radius 3 is 2.80 bits per heavy atom. The summed E-state index contributed by atoms with van der Waals surface area (Å²) in [5.41, 5.74) is 2.45. The molecule has 1 atom stereocenters. The van der Waals surface area contributed by atoms with Crippen molar-refractivity contribution in [2.75, 3.05) is 31.6 Å². The number of benzene rings is 2. The maximum atomic E-state index is 13.3. The van der Waals surface area contributed by atoms with Gasteiger partial charge in [0.05, 0.1) is 11.3 Å². The van der Waals surface area contributed by atoms with Crippen molar-refractivity contribution in [3.63, 3.8) is 0 Å². The van der Waals surface area contributed by atoms with E-state index in [1.54, 1.807) is 10.9 Å². The van der Waals surface area contributed by atoms with Crippen LogP contribution in [-0.2, 0) is 0 Å². The molecule has 1 aromatic heterocycles. The second-order valence-electron chi connectivity index (χ2n) is 7.56. The molecule has 0 saturated carbocycles. The molecule has 0 radical (unpaired) electrons. The average Bonchev–Trinajstić information content (AvgIpc) is 3.34. The molecule has 0 unspecified atom stereocenters. The number of rotatable bonds is 4. The summed E-state index contributed by atoms with van der Waals surface area (Å²) in [4.78, 5) is 15.3. The Morgan fingerprint density at radius 1 is 1.07 bits per heavy atom. The largest absolute Gasteiger partial charge is 0.486 e. The van der Waals surface area contributed by atoms with E-state index in [0.29, 0.717) is 25.3 Å². The van der Waals surface area contributed by atoms with E-state index in [-0.39, 0.29) is 11.9 Å². The molecule has 3 aromatic rings. The number of fused-ring (bicyclic) bond motifs is 1. The summed E-state index contributed by atoms with van der Waals surface area (Å²) in [6.07, 6.45) is 5.54. The zero-order chi connectivity index (χ0) is 20.3. The molecule has 0 spiro atoms. The lowest BCUT2D eigenvalue weighted by atomic mass is 10.0. The lowest BCUT2D eigenvalue weighted by Gasteiger charge is -2.34. The average molecular weight is 404 g/mol. The molecule has 2 aliphatic heterocycles. The SMILES string of the molecule is O=C(c1ccccc1-n1cccn1)N1CCC[C@@H](Nc2ccc3c(c2)OCCO3)C1. The maximum absolute atomic E-state index is 13.3. The van der Waals surface area contributed by atoms with Gasteiger partial charge in [-0.3, -0.25) is 4.79 Å². The number of nitrogens with zero attached hydrogens (tertiary/aromatic N) is 3. The van der Waals surface area contributed by atoms with Crippen LogP contribution < -0.4 is 14.8 Å². The topological polar surface area (TPSA) is 68.6 Å². The molecule has 2 aromatic carbocycles. The van der Waals surface area contributed by atoms with Gasteiger partial charge in [0.15, 0.2) is 11.5 Å². The summed E-state index contributed by atoms with van der Waals surface area (Å²) in [6.45, 7) is 2.56. The van der Waals surface area contributed by atoms with Gasteiger partial charge in [-0.05, 0) is 43.2 Å². The lowest BCUT2D eigenvalue weighted by Crippen LogP contribution is -2.45. The minimum absolute atomic E-state index is 0.0368. The van der Waals surface area contributed by atoms with Crippen LogP contribution in [0.3, 0.4) is 0 Å². The van der Waals surface area contributed by atoms with Gasteiger partial charge in [-0.15, -0.1) is 0 Å². The lowest BCUT2D eigenvalue weighted by molar-refractivity contribution is 0.0714. The second-order valence-corrected chi connectivity index (χ2v) is 7.56. The number of nitrogens with one attached hydrogen (secondary N) is 1. The number of likely N-dealkylation sites (tertiary alicyclic amines) is 1. The molecule has 0 aliphatic carbocycles. The van der Waals surface area contributed by atoms with Crippen molar-refractivity contribution in [1.29, 1.82) is 0 Å². The predicted octanol–water partition coefficient (Wildman–Crippen LogP) is 3.36. The summed E-state index contributed by atoms with van der Waals surface area (Å²) in [5.74, 6) is 1.58. The number of piperidine rings is 1.